The van der Waals surface area contributed by atoms with E-state index in [1.54, 1.807) is 0 Å². The smallest absolute Gasteiger partial charge is 0.122 e. The van der Waals surface area contributed by atoms with Gasteiger partial charge in [-0.3, -0.25) is 9.80 Å². The summed E-state index contributed by atoms with van der Waals surface area (Å²) in [6, 6.07) is 6.85. The van der Waals surface area contributed by atoms with Crippen molar-refractivity contribution in [3.05, 3.63) is 24.2 Å². The minimum absolute atomic E-state index is 0.405. The Labute approximate surface area is 133 Å². The number of rotatable bonds is 6. The molecule has 2 saturated heterocycles. The lowest BCUT2D eigenvalue weighted by molar-refractivity contribution is 0.203. The molecule has 3 fully saturated rings. The number of likely N-dealkylation sites (tertiary alicyclic amines) is 2. The average Bonchev–Trinajstić information content (AvgIpc) is 2.98. The molecule has 1 aliphatic carbocycles. The zero-order valence-electron chi connectivity index (χ0n) is 13.7. The molecule has 3 heterocycles. The second-order valence-electron chi connectivity index (χ2n) is 7.39. The number of nitrogens with one attached hydrogen (secondary N) is 1. The molecule has 3 aliphatic rings. The Hall–Kier alpha value is -0.840. The summed E-state index contributed by atoms with van der Waals surface area (Å²) in [5.41, 5.74) is 0. The van der Waals surface area contributed by atoms with E-state index in [1.807, 2.05) is 12.3 Å². The molecule has 4 rings (SSSR count). The molecule has 1 N–H and O–H groups in total. The molecule has 1 aromatic heterocycles. The number of hydrogen-bond donors (Lipinski definition) is 1. The molecule has 1 saturated carbocycles. The van der Waals surface area contributed by atoms with Gasteiger partial charge < -0.3 is 9.73 Å². The Bertz CT molecular complexity index is 465. The largest absolute Gasteiger partial charge is 0.468 e. The van der Waals surface area contributed by atoms with Crippen molar-refractivity contribution in [3.8, 4) is 0 Å². The molecule has 2 aliphatic heterocycles. The van der Waals surface area contributed by atoms with Gasteiger partial charge in [-0.05, 0) is 64.3 Å². The third-order valence-corrected chi connectivity index (χ3v) is 5.69. The molecular weight excluding hydrogens is 274 g/mol. The minimum Gasteiger partial charge on any atom is -0.468 e. The van der Waals surface area contributed by atoms with Crippen LogP contribution in [0.1, 0.15) is 50.8 Å². The molecular formula is C18H29N3O. The van der Waals surface area contributed by atoms with Crippen molar-refractivity contribution in [1.82, 2.24) is 15.1 Å². The first kappa shape index (κ1) is 14.7. The number of furan rings is 1. The topological polar surface area (TPSA) is 31.7 Å². The van der Waals surface area contributed by atoms with Crippen molar-refractivity contribution in [2.24, 2.45) is 0 Å². The van der Waals surface area contributed by atoms with Crippen LogP contribution < -0.4 is 5.32 Å². The summed E-state index contributed by atoms with van der Waals surface area (Å²) in [6.07, 6.45) is 8.59. The molecule has 0 spiro atoms. The highest BCUT2D eigenvalue weighted by Crippen LogP contribution is 2.33. The fourth-order valence-electron chi connectivity index (χ4n) is 4.34. The van der Waals surface area contributed by atoms with E-state index < -0.39 is 0 Å². The van der Waals surface area contributed by atoms with Gasteiger partial charge in [0.15, 0.2) is 0 Å². The fraction of sp³-hybridized carbons (Fsp3) is 0.778. The van der Waals surface area contributed by atoms with E-state index >= 15 is 0 Å². The van der Waals surface area contributed by atoms with E-state index in [-0.39, 0.29) is 0 Å². The molecule has 0 amide bonds. The van der Waals surface area contributed by atoms with Crippen LogP contribution in [0.5, 0.6) is 0 Å². The lowest BCUT2D eigenvalue weighted by atomic mass is 10.1. The molecule has 22 heavy (non-hydrogen) atoms. The maximum Gasteiger partial charge on any atom is 0.122 e. The van der Waals surface area contributed by atoms with Crippen LogP contribution in [0.15, 0.2) is 22.8 Å². The first-order valence-corrected chi connectivity index (χ1v) is 9.08. The molecule has 4 heteroatoms. The van der Waals surface area contributed by atoms with E-state index in [0.717, 1.165) is 24.4 Å². The minimum atomic E-state index is 0.405. The van der Waals surface area contributed by atoms with Gasteiger partial charge in [-0.2, -0.15) is 0 Å². The zero-order valence-corrected chi connectivity index (χ0v) is 13.7. The van der Waals surface area contributed by atoms with Crippen LogP contribution in [-0.4, -0.2) is 54.1 Å². The van der Waals surface area contributed by atoms with Gasteiger partial charge >= 0.3 is 0 Å². The van der Waals surface area contributed by atoms with Crippen molar-refractivity contribution in [2.45, 2.75) is 63.2 Å². The first-order chi connectivity index (χ1) is 10.8. The first-order valence-electron chi connectivity index (χ1n) is 9.08. The molecule has 3 atom stereocenters. The zero-order chi connectivity index (χ0) is 14.9. The van der Waals surface area contributed by atoms with Crippen molar-refractivity contribution in [3.63, 3.8) is 0 Å². The maximum atomic E-state index is 5.72. The molecule has 122 valence electrons. The van der Waals surface area contributed by atoms with Crippen molar-refractivity contribution < 1.29 is 4.42 Å². The third-order valence-electron chi connectivity index (χ3n) is 5.69. The monoisotopic (exact) mass is 303 g/mol. The van der Waals surface area contributed by atoms with E-state index in [4.69, 9.17) is 4.42 Å². The second-order valence-corrected chi connectivity index (χ2v) is 7.39. The van der Waals surface area contributed by atoms with Gasteiger partial charge in [0, 0.05) is 31.2 Å². The SMILES string of the molecule is C[C@@H]1C[C@H](NC[C@H](c2ccco2)N2CCCC2)CN1C1CC1. The summed E-state index contributed by atoms with van der Waals surface area (Å²) in [5.74, 6) is 1.12. The lowest BCUT2D eigenvalue weighted by Crippen LogP contribution is -2.40. The normalized spacial score (nSPS) is 31.9. The summed E-state index contributed by atoms with van der Waals surface area (Å²) in [5, 5.41) is 3.85. The van der Waals surface area contributed by atoms with Crippen LogP contribution >= 0.6 is 0 Å². The van der Waals surface area contributed by atoms with Crippen LogP contribution in [0.25, 0.3) is 0 Å². The van der Waals surface area contributed by atoms with E-state index in [0.29, 0.717) is 12.1 Å². The quantitative estimate of drug-likeness (QED) is 0.875. The van der Waals surface area contributed by atoms with Gasteiger partial charge in [0.25, 0.3) is 0 Å². The Morgan fingerprint density at radius 2 is 2.14 bits per heavy atom. The van der Waals surface area contributed by atoms with Crippen molar-refractivity contribution in [1.29, 1.82) is 0 Å². The summed E-state index contributed by atoms with van der Waals surface area (Å²) < 4.78 is 5.72. The van der Waals surface area contributed by atoms with Crippen LogP contribution in [0.4, 0.5) is 0 Å². The highest BCUT2D eigenvalue weighted by Gasteiger charge is 2.39. The van der Waals surface area contributed by atoms with E-state index in [9.17, 15) is 0 Å². The Balaban J connectivity index is 1.35. The van der Waals surface area contributed by atoms with Gasteiger partial charge in [-0.1, -0.05) is 0 Å². The maximum absolute atomic E-state index is 5.72. The Morgan fingerprint density at radius 1 is 1.32 bits per heavy atom. The number of nitrogens with zero attached hydrogens (tertiary/aromatic N) is 2. The number of hydrogen-bond acceptors (Lipinski definition) is 4. The highest BCUT2D eigenvalue weighted by atomic mass is 16.3. The summed E-state index contributed by atoms with van der Waals surface area (Å²) in [7, 11) is 0. The van der Waals surface area contributed by atoms with E-state index in [1.165, 1.54) is 51.7 Å². The molecule has 1 aromatic rings. The molecule has 0 bridgehead atoms. The van der Waals surface area contributed by atoms with Crippen LogP contribution in [0.3, 0.4) is 0 Å². The fourth-order valence-corrected chi connectivity index (χ4v) is 4.34. The van der Waals surface area contributed by atoms with Crippen LogP contribution in [0.2, 0.25) is 0 Å². The van der Waals surface area contributed by atoms with Crippen molar-refractivity contribution in [2.75, 3.05) is 26.2 Å². The Morgan fingerprint density at radius 3 is 2.82 bits per heavy atom. The predicted octanol–water partition coefficient (Wildman–Crippen LogP) is 2.63. The lowest BCUT2D eigenvalue weighted by Gasteiger charge is -2.27. The summed E-state index contributed by atoms with van der Waals surface area (Å²) >= 11 is 0. The summed E-state index contributed by atoms with van der Waals surface area (Å²) in [6.45, 7) is 7.06. The van der Waals surface area contributed by atoms with Gasteiger partial charge in [0.1, 0.15) is 5.76 Å². The Kier molecular flexibility index (Phi) is 4.25. The average molecular weight is 303 g/mol. The molecule has 0 radical (unpaired) electrons. The van der Waals surface area contributed by atoms with Gasteiger partial charge in [-0.15, -0.1) is 0 Å². The third kappa shape index (κ3) is 3.10. The van der Waals surface area contributed by atoms with E-state index in [2.05, 4.69) is 28.1 Å². The molecule has 0 aromatic carbocycles. The van der Waals surface area contributed by atoms with Gasteiger partial charge in [0.2, 0.25) is 0 Å². The van der Waals surface area contributed by atoms with Crippen LogP contribution in [-0.2, 0) is 0 Å². The highest BCUT2D eigenvalue weighted by molar-refractivity contribution is 5.07. The van der Waals surface area contributed by atoms with Gasteiger partial charge in [-0.25, -0.2) is 0 Å². The predicted molar refractivity (Wildman–Crippen MR) is 87.9 cm³/mol. The van der Waals surface area contributed by atoms with Crippen molar-refractivity contribution >= 4 is 0 Å². The summed E-state index contributed by atoms with van der Waals surface area (Å²) in [4.78, 5) is 5.30. The molecule has 4 nitrogen and oxygen atoms in total. The standard InChI is InChI=1S/C18H29N3O/c1-14-11-15(13-21(14)16-6-7-16)19-12-17(18-5-4-10-22-18)20-8-2-3-9-20/h4-5,10,14-17,19H,2-3,6-9,11-13H2,1H3/t14-,15+,17-/m1/s1. The van der Waals surface area contributed by atoms with Gasteiger partial charge in [0.05, 0.1) is 12.3 Å². The van der Waals surface area contributed by atoms with Crippen LogP contribution in [0, 0.1) is 0 Å². The second kappa shape index (κ2) is 6.34. The molecule has 0 unspecified atom stereocenters.